The fraction of sp³-hybridized carbons (Fsp3) is 0.143. The molecular formula is C21H20BrNO. The summed E-state index contributed by atoms with van der Waals surface area (Å²) >= 11 is 3.45. The predicted molar refractivity (Wildman–Crippen MR) is 103 cm³/mol. The second kappa shape index (κ2) is 8.02. The molecule has 0 atom stereocenters. The minimum atomic E-state index is 0.564. The maximum absolute atomic E-state index is 6.02. The molecule has 122 valence electrons. The molecule has 0 saturated heterocycles. The normalized spacial score (nSPS) is 10.4. The van der Waals surface area contributed by atoms with Crippen molar-refractivity contribution in [2.24, 2.45) is 0 Å². The highest BCUT2D eigenvalue weighted by atomic mass is 79.9. The Kier molecular flexibility index (Phi) is 5.55. The number of para-hydroxylation sites is 1. The topological polar surface area (TPSA) is 21.3 Å². The number of hydrogen-bond donors (Lipinski definition) is 1. The first-order chi connectivity index (χ1) is 11.7. The molecule has 0 aliphatic rings. The first-order valence-electron chi connectivity index (χ1n) is 7.96. The van der Waals surface area contributed by atoms with Gasteiger partial charge in [-0.05, 0) is 42.8 Å². The Labute approximate surface area is 151 Å². The number of benzene rings is 3. The third kappa shape index (κ3) is 4.62. The van der Waals surface area contributed by atoms with E-state index in [0.717, 1.165) is 33.6 Å². The summed E-state index contributed by atoms with van der Waals surface area (Å²) in [6, 6.07) is 24.8. The molecule has 0 bridgehead atoms. The first-order valence-corrected chi connectivity index (χ1v) is 8.76. The van der Waals surface area contributed by atoms with Crippen molar-refractivity contribution in [2.75, 3.05) is 5.32 Å². The minimum Gasteiger partial charge on any atom is -0.489 e. The number of halogens is 1. The van der Waals surface area contributed by atoms with Crippen LogP contribution in [0.25, 0.3) is 0 Å². The van der Waals surface area contributed by atoms with Crippen LogP contribution >= 0.6 is 15.9 Å². The molecule has 0 heterocycles. The van der Waals surface area contributed by atoms with Crippen LogP contribution in [0.5, 0.6) is 5.75 Å². The molecular weight excluding hydrogens is 362 g/mol. The van der Waals surface area contributed by atoms with Crippen LogP contribution < -0.4 is 10.1 Å². The SMILES string of the molecule is Cc1ccc(NCc2ccccc2OCc2ccc(Br)cc2)cc1. The van der Waals surface area contributed by atoms with Gasteiger partial charge >= 0.3 is 0 Å². The summed E-state index contributed by atoms with van der Waals surface area (Å²) < 4.78 is 7.09. The van der Waals surface area contributed by atoms with Gasteiger partial charge in [0.25, 0.3) is 0 Å². The van der Waals surface area contributed by atoms with Crippen LogP contribution in [0.3, 0.4) is 0 Å². The Balaban J connectivity index is 1.64. The van der Waals surface area contributed by atoms with E-state index in [1.807, 2.05) is 30.3 Å². The number of hydrogen-bond acceptors (Lipinski definition) is 2. The van der Waals surface area contributed by atoms with Gasteiger partial charge < -0.3 is 10.1 Å². The molecule has 0 amide bonds. The van der Waals surface area contributed by atoms with E-state index in [1.54, 1.807) is 0 Å². The van der Waals surface area contributed by atoms with Crippen LogP contribution in [0.4, 0.5) is 5.69 Å². The molecule has 0 aliphatic heterocycles. The lowest BCUT2D eigenvalue weighted by molar-refractivity contribution is 0.303. The van der Waals surface area contributed by atoms with Gasteiger partial charge in [0.1, 0.15) is 12.4 Å². The van der Waals surface area contributed by atoms with E-state index >= 15 is 0 Å². The number of ether oxygens (including phenoxy) is 1. The Bertz CT molecular complexity index is 713. The zero-order valence-corrected chi connectivity index (χ0v) is 15.2. The van der Waals surface area contributed by atoms with Crippen LogP contribution in [-0.4, -0.2) is 0 Å². The summed E-state index contributed by atoms with van der Waals surface area (Å²) in [6.07, 6.45) is 0. The molecule has 0 radical (unpaired) electrons. The van der Waals surface area contributed by atoms with Gasteiger partial charge in [-0.25, -0.2) is 0 Å². The average Bonchev–Trinajstić information content (AvgIpc) is 2.61. The highest BCUT2D eigenvalue weighted by molar-refractivity contribution is 9.10. The third-order valence-electron chi connectivity index (χ3n) is 3.81. The lowest BCUT2D eigenvalue weighted by atomic mass is 10.2. The van der Waals surface area contributed by atoms with E-state index in [4.69, 9.17) is 4.74 Å². The maximum atomic E-state index is 6.02. The van der Waals surface area contributed by atoms with Gasteiger partial charge in [0, 0.05) is 22.3 Å². The fourth-order valence-corrected chi connectivity index (χ4v) is 2.67. The highest BCUT2D eigenvalue weighted by Crippen LogP contribution is 2.21. The lowest BCUT2D eigenvalue weighted by Gasteiger charge is -2.13. The Morgan fingerprint density at radius 1 is 0.875 bits per heavy atom. The molecule has 3 aromatic rings. The van der Waals surface area contributed by atoms with Gasteiger partial charge in [0.15, 0.2) is 0 Å². The number of rotatable bonds is 6. The smallest absolute Gasteiger partial charge is 0.124 e. The van der Waals surface area contributed by atoms with E-state index < -0.39 is 0 Å². The van der Waals surface area contributed by atoms with Gasteiger partial charge in [-0.15, -0.1) is 0 Å². The molecule has 3 heteroatoms. The standard InChI is InChI=1S/C21H20BrNO/c1-16-6-12-20(13-7-16)23-14-18-4-2-3-5-21(18)24-15-17-8-10-19(22)11-9-17/h2-13,23H,14-15H2,1H3. The van der Waals surface area contributed by atoms with Crippen molar-refractivity contribution >= 4 is 21.6 Å². The molecule has 0 spiro atoms. The molecule has 3 rings (SSSR count). The molecule has 0 aromatic heterocycles. The van der Waals surface area contributed by atoms with Crippen molar-refractivity contribution in [2.45, 2.75) is 20.1 Å². The zero-order chi connectivity index (χ0) is 16.8. The lowest BCUT2D eigenvalue weighted by Crippen LogP contribution is -2.03. The largest absolute Gasteiger partial charge is 0.489 e. The van der Waals surface area contributed by atoms with E-state index in [9.17, 15) is 0 Å². The molecule has 2 nitrogen and oxygen atoms in total. The van der Waals surface area contributed by atoms with Crippen molar-refractivity contribution < 1.29 is 4.74 Å². The second-order valence-electron chi connectivity index (χ2n) is 5.74. The van der Waals surface area contributed by atoms with Gasteiger partial charge in [0.05, 0.1) is 0 Å². The van der Waals surface area contributed by atoms with Crippen LogP contribution in [0, 0.1) is 6.92 Å². The second-order valence-corrected chi connectivity index (χ2v) is 6.66. The molecule has 1 N–H and O–H groups in total. The summed E-state index contributed by atoms with van der Waals surface area (Å²) in [5, 5.41) is 3.45. The van der Waals surface area contributed by atoms with Crippen molar-refractivity contribution in [3.8, 4) is 5.75 Å². The van der Waals surface area contributed by atoms with Crippen LogP contribution in [0.2, 0.25) is 0 Å². The van der Waals surface area contributed by atoms with Gasteiger partial charge in [-0.2, -0.15) is 0 Å². The van der Waals surface area contributed by atoms with Crippen LogP contribution in [0.1, 0.15) is 16.7 Å². The van der Waals surface area contributed by atoms with Crippen LogP contribution in [0.15, 0.2) is 77.3 Å². The summed E-state index contributed by atoms with van der Waals surface area (Å²) in [5.41, 5.74) is 4.68. The van der Waals surface area contributed by atoms with E-state index in [-0.39, 0.29) is 0 Å². The Hall–Kier alpha value is -2.26. The van der Waals surface area contributed by atoms with Gasteiger partial charge in [-0.1, -0.05) is 64.0 Å². The van der Waals surface area contributed by atoms with E-state index in [0.29, 0.717) is 6.61 Å². The summed E-state index contributed by atoms with van der Waals surface area (Å²) in [7, 11) is 0. The van der Waals surface area contributed by atoms with Crippen molar-refractivity contribution in [3.63, 3.8) is 0 Å². The Morgan fingerprint density at radius 2 is 1.58 bits per heavy atom. The molecule has 0 aliphatic carbocycles. The molecule has 24 heavy (non-hydrogen) atoms. The molecule has 0 saturated carbocycles. The molecule has 0 fully saturated rings. The third-order valence-corrected chi connectivity index (χ3v) is 4.34. The van der Waals surface area contributed by atoms with Crippen LogP contribution in [-0.2, 0) is 13.2 Å². The summed E-state index contributed by atoms with van der Waals surface area (Å²) in [4.78, 5) is 0. The van der Waals surface area contributed by atoms with Crippen molar-refractivity contribution in [1.82, 2.24) is 0 Å². The van der Waals surface area contributed by atoms with Crippen molar-refractivity contribution in [3.05, 3.63) is 94.0 Å². The average molecular weight is 382 g/mol. The van der Waals surface area contributed by atoms with E-state index in [2.05, 4.69) is 70.6 Å². The fourth-order valence-electron chi connectivity index (χ4n) is 2.40. The molecule has 0 unspecified atom stereocenters. The first kappa shape index (κ1) is 16.6. The monoisotopic (exact) mass is 381 g/mol. The number of nitrogens with one attached hydrogen (secondary N) is 1. The van der Waals surface area contributed by atoms with Crippen molar-refractivity contribution in [1.29, 1.82) is 0 Å². The summed E-state index contributed by atoms with van der Waals surface area (Å²) in [6.45, 7) is 3.39. The summed E-state index contributed by atoms with van der Waals surface area (Å²) in [5.74, 6) is 0.917. The predicted octanol–water partition coefficient (Wildman–Crippen LogP) is 5.95. The maximum Gasteiger partial charge on any atom is 0.124 e. The quantitative estimate of drug-likeness (QED) is 0.569. The van der Waals surface area contributed by atoms with E-state index in [1.165, 1.54) is 5.56 Å². The highest BCUT2D eigenvalue weighted by Gasteiger charge is 2.04. The van der Waals surface area contributed by atoms with Gasteiger partial charge in [0.2, 0.25) is 0 Å². The number of anilines is 1. The Morgan fingerprint density at radius 3 is 2.33 bits per heavy atom. The zero-order valence-electron chi connectivity index (χ0n) is 13.6. The number of aryl methyl sites for hydroxylation is 1. The minimum absolute atomic E-state index is 0.564. The molecule has 3 aromatic carbocycles. The van der Waals surface area contributed by atoms with Gasteiger partial charge in [-0.3, -0.25) is 0 Å².